The first kappa shape index (κ1) is 21.4. The first-order valence-electron chi connectivity index (χ1n) is 9.38. The lowest BCUT2D eigenvalue weighted by Gasteiger charge is -2.16. The molecule has 0 aliphatic carbocycles. The van der Waals surface area contributed by atoms with Crippen molar-refractivity contribution in [2.75, 3.05) is 12.4 Å². The van der Waals surface area contributed by atoms with Gasteiger partial charge in [-0.1, -0.05) is 53.0 Å². The number of pyridine rings is 1. The first-order chi connectivity index (χ1) is 14.9. The number of carbonyl (C=O) groups is 1. The zero-order chi connectivity index (χ0) is 22.1. The van der Waals surface area contributed by atoms with E-state index in [0.29, 0.717) is 37.5 Å². The van der Waals surface area contributed by atoms with E-state index in [9.17, 15) is 4.79 Å². The van der Waals surface area contributed by atoms with E-state index in [4.69, 9.17) is 44.5 Å². The molecule has 0 aliphatic heterocycles. The minimum atomic E-state index is -0.314. The number of anilines is 1. The maximum Gasteiger partial charge on any atom is 0.256 e. The SMILES string of the molecule is COc1ccc(-c2nc3ccccc3c(C(=O)Nc3cc(Cl)c(Cl)cc3Cl)c2C)cc1. The maximum atomic E-state index is 13.4. The quantitative estimate of drug-likeness (QED) is 0.315. The fourth-order valence-corrected chi connectivity index (χ4v) is 4.03. The monoisotopic (exact) mass is 470 g/mol. The van der Waals surface area contributed by atoms with Crippen molar-refractivity contribution in [3.8, 4) is 17.0 Å². The van der Waals surface area contributed by atoms with E-state index in [1.807, 2.05) is 55.5 Å². The molecule has 3 aromatic carbocycles. The third-order valence-corrected chi connectivity index (χ3v) is 6.02. The second-order valence-electron chi connectivity index (χ2n) is 6.91. The standard InChI is InChI=1S/C24H17Cl3N2O2/c1-13-22(24(30)29-21-12-18(26)17(25)11-19(21)27)16-5-3-4-6-20(16)28-23(13)14-7-9-15(31-2)10-8-14/h3-12H,1-2H3,(H,29,30). The van der Waals surface area contributed by atoms with Gasteiger partial charge in [0.1, 0.15) is 5.75 Å². The number of aromatic nitrogens is 1. The van der Waals surface area contributed by atoms with E-state index in [2.05, 4.69) is 5.32 Å². The Hall–Kier alpha value is -2.79. The van der Waals surface area contributed by atoms with Gasteiger partial charge in [-0.05, 0) is 55.0 Å². The van der Waals surface area contributed by atoms with Crippen LogP contribution in [0.3, 0.4) is 0 Å². The lowest BCUT2D eigenvalue weighted by Crippen LogP contribution is -2.15. The number of ether oxygens (including phenoxy) is 1. The Labute approximate surface area is 194 Å². The third kappa shape index (κ3) is 4.19. The average Bonchev–Trinajstić information content (AvgIpc) is 2.77. The number of carbonyl (C=O) groups excluding carboxylic acids is 1. The average molecular weight is 472 g/mol. The molecule has 7 heteroatoms. The Morgan fingerprint density at radius 2 is 1.61 bits per heavy atom. The van der Waals surface area contributed by atoms with Gasteiger partial charge >= 0.3 is 0 Å². The Balaban J connectivity index is 1.85. The van der Waals surface area contributed by atoms with E-state index >= 15 is 0 Å². The molecule has 1 amide bonds. The molecule has 0 spiro atoms. The molecule has 31 heavy (non-hydrogen) atoms. The van der Waals surface area contributed by atoms with Crippen LogP contribution in [0, 0.1) is 6.92 Å². The van der Waals surface area contributed by atoms with Gasteiger partial charge in [-0.3, -0.25) is 4.79 Å². The van der Waals surface area contributed by atoms with Crippen molar-refractivity contribution in [1.29, 1.82) is 0 Å². The molecule has 1 N–H and O–H groups in total. The fourth-order valence-electron chi connectivity index (χ4n) is 3.43. The van der Waals surface area contributed by atoms with Crippen LogP contribution in [0.2, 0.25) is 15.1 Å². The van der Waals surface area contributed by atoms with E-state index < -0.39 is 0 Å². The molecule has 4 nitrogen and oxygen atoms in total. The summed E-state index contributed by atoms with van der Waals surface area (Å²) < 4.78 is 5.25. The molecular weight excluding hydrogens is 455 g/mol. The normalized spacial score (nSPS) is 10.9. The second-order valence-corrected chi connectivity index (χ2v) is 8.13. The Morgan fingerprint density at radius 1 is 0.935 bits per heavy atom. The molecule has 0 radical (unpaired) electrons. The largest absolute Gasteiger partial charge is 0.497 e. The van der Waals surface area contributed by atoms with Gasteiger partial charge in [-0.15, -0.1) is 0 Å². The van der Waals surface area contributed by atoms with E-state index in [1.165, 1.54) is 12.1 Å². The number of nitrogens with one attached hydrogen (secondary N) is 1. The lowest BCUT2D eigenvalue weighted by molar-refractivity contribution is 0.102. The minimum absolute atomic E-state index is 0.300. The molecule has 156 valence electrons. The lowest BCUT2D eigenvalue weighted by atomic mass is 9.97. The Bertz CT molecular complexity index is 1300. The highest BCUT2D eigenvalue weighted by molar-refractivity contribution is 6.44. The van der Waals surface area contributed by atoms with Gasteiger partial charge in [0.25, 0.3) is 5.91 Å². The number of hydrogen-bond acceptors (Lipinski definition) is 3. The third-order valence-electron chi connectivity index (χ3n) is 4.98. The van der Waals surface area contributed by atoms with Crippen LogP contribution >= 0.6 is 34.8 Å². The van der Waals surface area contributed by atoms with Crippen LogP contribution in [0.4, 0.5) is 5.69 Å². The van der Waals surface area contributed by atoms with Crippen LogP contribution < -0.4 is 10.1 Å². The van der Waals surface area contributed by atoms with Crippen LogP contribution in [-0.4, -0.2) is 18.0 Å². The van der Waals surface area contributed by atoms with Crippen LogP contribution in [0.25, 0.3) is 22.2 Å². The predicted octanol–water partition coefficient (Wildman–Crippen LogP) is 7.43. The number of amides is 1. The predicted molar refractivity (Wildman–Crippen MR) is 128 cm³/mol. The van der Waals surface area contributed by atoms with Crippen LogP contribution in [-0.2, 0) is 0 Å². The summed E-state index contributed by atoms with van der Waals surface area (Å²) in [6.07, 6.45) is 0. The van der Waals surface area contributed by atoms with Gasteiger partial charge in [-0.2, -0.15) is 0 Å². The summed E-state index contributed by atoms with van der Waals surface area (Å²) >= 11 is 18.4. The number of nitrogens with zero attached hydrogens (tertiary/aromatic N) is 1. The van der Waals surface area contributed by atoms with E-state index in [1.54, 1.807) is 7.11 Å². The number of rotatable bonds is 4. The smallest absolute Gasteiger partial charge is 0.256 e. The summed E-state index contributed by atoms with van der Waals surface area (Å²) in [6, 6.07) is 18.1. The van der Waals surface area contributed by atoms with Gasteiger partial charge < -0.3 is 10.1 Å². The molecule has 0 aliphatic rings. The number of halogens is 3. The van der Waals surface area contributed by atoms with Crippen molar-refractivity contribution in [2.45, 2.75) is 6.92 Å². The number of para-hydroxylation sites is 1. The van der Waals surface area contributed by atoms with Crippen LogP contribution in [0.15, 0.2) is 60.7 Å². The number of fused-ring (bicyclic) bond motifs is 1. The highest BCUT2D eigenvalue weighted by atomic mass is 35.5. The Kier molecular flexibility index (Phi) is 6.05. The Morgan fingerprint density at radius 3 is 2.32 bits per heavy atom. The van der Waals surface area contributed by atoms with Crippen molar-refractivity contribution >= 4 is 57.3 Å². The highest BCUT2D eigenvalue weighted by Gasteiger charge is 2.20. The van der Waals surface area contributed by atoms with Gasteiger partial charge in [-0.25, -0.2) is 4.98 Å². The zero-order valence-electron chi connectivity index (χ0n) is 16.7. The van der Waals surface area contributed by atoms with E-state index in [0.717, 1.165) is 22.3 Å². The van der Waals surface area contributed by atoms with Crippen LogP contribution in [0.1, 0.15) is 15.9 Å². The molecule has 0 atom stereocenters. The number of benzene rings is 3. The summed E-state index contributed by atoms with van der Waals surface area (Å²) in [4.78, 5) is 18.2. The highest BCUT2D eigenvalue weighted by Crippen LogP contribution is 2.34. The number of methoxy groups -OCH3 is 1. The summed E-state index contributed by atoms with van der Waals surface area (Å²) in [5.41, 5.74) is 3.95. The van der Waals surface area contributed by atoms with Crippen molar-refractivity contribution < 1.29 is 9.53 Å². The topological polar surface area (TPSA) is 51.2 Å². The first-order valence-corrected chi connectivity index (χ1v) is 10.5. The molecule has 0 saturated heterocycles. The second kappa shape index (κ2) is 8.75. The van der Waals surface area contributed by atoms with Crippen molar-refractivity contribution in [2.24, 2.45) is 0 Å². The van der Waals surface area contributed by atoms with E-state index in [-0.39, 0.29) is 5.91 Å². The molecule has 0 bridgehead atoms. The van der Waals surface area contributed by atoms with Crippen molar-refractivity contribution in [3.05, 3.63) is 86.9 Å². The van der Waals surface area contributed by atoms with Crippen LogP contribution in [0.5, 0.6) is 5.75 Å². The molecule has 1 aromatic heterocycles. The van der Waals surface area contributed by atoms with Gasteiger partial charge in [0.15, 0.2) is 0 Å². The fraction of sp³-hybridized carbons (Fsp3) is 0.0833. The summed E-state index contributed by atoms with van der Waals surface area (Å²) in [6.45, 7) is 1.88. The molecular formula is C24H17Cl3N2O2. The maximum absolute atomic E-state index is 13.4. The number of hydrogen-bond donors (Lipinski definition) is 1. The van der Waals surface area contributed by atoms with Gasteiger partial charge in [0, 0.05) is 10.9 Å². The molecule has 0 fully saturated rings. The molecule has 0 unspecified atom stereocenters. The zero-order valence-corrected chi connectivity index (χ0v) is 18.9. The van der Waals surface area contributed by atoms with Crippen molar-refractivity contribution in [1.82, 2.24) is 4.98 Å². The summed E-state index contributed by atoms with van der Waals surface area (Å²) in [7, 11) is 1.62. The molecule has 0 saturated carbocycles. The van der Waals surface area contributed by atoms with Crippen molar-refractivity contribution in [3.63, 3.8) is 0 Å². The molecule has 1 heterocycles. The summed E-state index contributed by atoms with van der Waals surface area (Å²) in [5.74, 6) is 0.431. The van der Waals surface area contributed by atoms with Gasteiger partial charge in [0.05, 0.1) is 44.6 Å². The van der Waals surface area contributed by atoms with Gasteiger partial charge in [0.2, 0.25) is 0 Å². The minimum Gasteiger partial charge on any atom is -0.497 e. The molecule has 4 rings (SSSR count). The summed E-state index contributed by atoms with van der Waals surface area (Å²) in [5, 5.41) is 4.52. The molecule has 4 aromatic rings.